The maximum Gasteiger partial charge on any atom is 0.103 e. The van der Waals surface area contributed by atoms with Gasteiger partial charge in [-0.2, -0.15) is 5.26 Å². The van der Waals surface area contributed by atoms with Crippen molar-refractivity contribution in [1.82, 2.24) is 9.97 Å². The highest BCUT2D eigenvalue weighted by Crippen LogP contribution is 2.27. The maximum absolute atomic E-state index is 9.21. The average molecular weight is 246 g/mol. The molecule has 0 amide bonds. The minimum atomic E-state index is 0.516. The summed E-state index contributed by atoms with van der Waals surface area (Å²) in [6.07, 6.45) is 4.95. The number of anilines is 2. The van der Waals surface area contributed by atoms with Gasteiger partial charge < -0.3 is 5.32 Å². The summed E-state index contributed by atoms with van der Waals surface area (Å²) >= 11 is 0. The molecule has 4 nitrogen and oxygen atoms in total. The first-order valence-corrected chi connectivity index (χ1v) is 5.83. The van der Waals surface area contributed by atoms with E-state index in [0.29, 0.717) is 5.56 Å². The molecule has 0 saturated carbocycles. The molecule has 1 N–H and O–H groups in total. The summed E-state index contributed by atoms with van der Waals surface area (Å²) in [6, 6.07) is 13.8. The highest BCUT2D eigenvalue weighted by atomic mass is 14.9. The molecular weight excluding hydrogens is 236 g/mol. The summed E-state index contributed by atoms with van der Waals surface area (Å²) in [7, 11) is 0. The molecule has 1 aromatic carbocycles. The van der Waals surface area contributed by atoms with Crippen molar-refractivity contribution in [3.63, 3.8) is 0 Å². The van der Waals surface area contributed by atoms with E-state index in [1.807, 2.05) is 36.4 Å². The first-order valence-electron chi connectivity index (χ1n) is 5.83. The van der Waals surface area contributed by atoms with E-state index in [1.165, 1.54) is 0 Å². The van der Waals surface area contributed by atoms with Gasteiger partial charge in [0, 0.05) is 23.5 Å². The monoisotopic (exact) mass is 246 g/mol. The van der Waals surface area contributed by atoms with Crippen LogP contribution >= 0.6 is 0 Å². The molecular formula is C15H10N4. The van der Waals surface area contributed by atoms with Gasteiger partial charge in [0.1, 0.15) is 6.07 Å². The number of nitriles is 1. The van der Waals surface area contributed by atoms with E-state index in [-0.39, 0.29) is 0 Å². The number of nitrogens with zero attached hydrogens (tertiary/aromatic N) is 3. The van der Waals surface area contributed by atoms with Gasteiger partial charge in [0.2, 0.25) is 0 Å². The molecule has 0 aliphatic heterocycles. The first kappa shape index (κ1) is 11.2. The van der Waals surface area contributed by atoms with E-state index >= 15 is 0 Å². The number of rotatable bonds is 2. The van der Waals surface area contributed by atoms with Crippen molar-refractivity contribution in [3.05, 3.63) is 60.6 Å². The first-order chi connectivity index (χ1) is 9.38. The molecule has 0 fully saturated rings. The number of pyridine rings is 2. The topological polar surface area (TPSA) is 61.6 Å². The van der Waals surface area contributed by atoms with Crippen molar-refractivity contribution in [2.75, 3.05) is 5.32 Å². The van der Waals surface area contributed by atoms with Crippen LogP contribution in [-0.2, 0) is 0 Å². The molecule has 0 saturated heterocycles. The molecule has 0 atom stereocenters. The van der Waals surface area contributed by atoms with Crippen LogP contribution < -0.4 is 5.32 Å². The van der Waals surface area contributed by atoms with Crippen LogP contribution in [0.15, 0.2) is 55.0 Å². The minimum absolute atomic E-state index is 0.516. The summed E-state index contributed by atoms with van der Waals surface area (Å²) in [5.74, 6) is 0. The van der Waals surface area contributed by atoms with Crippen molar-refractivity contribution >= 4 is 22.3 Å². The van der Waals surface area contributed by atoms with Crippen molar-refractivity contribution in [1.29, 1.82) is 5.26 Å². The Morgan fingerprint density at radius 1 is 1.05 bits per heavy atom. The molecule has 4 heteroatoms. The number of aromatic nitrogens is 2. The predicted molar refractivity (Wildman–Crippen MR) is 74.0 cm³/mol. The van der Waals surface area contributed by atoms with E-state index in [1.54, 1.807) is 18.6 Å². The molecule has 2 heterocycles. The minimum Gasteiger partial charge on any atom is -0.354 e. The number of nitrogens with one attached hydrogen (secondary N) is 1. The fourth-order valence-electron chi connectivity index (χ4n) is 1.93. The van der Waals surface area contributed by atoms with Crippen LogP contribution in [0.2, 0.25) is 0 Å². The zero-order valence-corrected chi connectivity index (χ0v) is 10.0. The number of benzene rings is 1. The lowest BCUT2D eigenvalue weighted by atomic mass is 10.1. The van der Waals surface area contributed by atoms with Gasteiger partial charge >= 0.3 is 0 Å². The number of para-hydroxylation sites is 1. The molecule has 0 aliphatic rings. The van der Waals surface area contributed by atoms with E-state index < -0.39 is 0 Å². The zero-order chi connectivity index (χ0) is 13.1. The Morgan fingerprint density at radius 2 is 1.89 bits per heavy atom. The molecule has 0 spiro atoms. The third-order valence-electron chi connectivity index (χ3n) is 2.84. The number of fused-ring (bicyclic) bond motifs is 1. The standard InChI is InChI=1S/C15H10N4/c16-8-11-9-18-14-10-17-7-6-13(14)15(11)19-12-4-2-1-3-5-12/h1-7,9-10H,(H,18,19). The zero-order valence-electron chi connectivity index (χ0n) is 10.0. The van der Waals surface area contributed by atoms with Gasteiger partial charge in [0.05, 0.1) is 23.0 Å². The van der Waals surface area contributed by atoms with Gasteiger partial charge in [-0.3, -0.25) is 9.97 Å². The van der Waals surface area contributed by atoms with Crippen LogP contribution in [-0.4, -0.2) is 9.97 Å². The fourth-order valence-corrected chi connectivity index (χ4v) is 1.93. The van der Waals surface area contributed by atoms with E-state index in [2.05, 4.69) is 21.4 Å². The molecule has 90 valence electrons. The second-order valence-electron chi connectivity index (χ2n) is 4.04. The molecule has 3 aromatic rings. The normalized spacial score (nSPS) is 10.1. The fraction of sp³-hybridized carbons (Fsp3) is 0. The van der Waals surface area contributed by atoms with Crippen LogP contribution in [0.4, 0.5) is 11.4 Å². The van der Waals surface area contributed by atoms with E-state index in [0.717, 1.165) is 22.3 Å². The van der Waals surface area contributed by atoms with Crippen LogP contribution in [0.3, 0.4) is 0 Å². The van der Waals surface area contributed by atoms with E-state index in [9.17, 15) is 5.26 Å². The SMILES string of the molecule is N#Cc1cnc2cnccc2c1Nc1ccccc1. The number of hydrogen-bond donors (Lipinski definition) is 1. The lowest BCUT2D eigenvalue weighted by Gasteiger charge is -2.10. The lowest BCUT2D eigenvalue weighted by Crippen LogP contribution is -1.96. The van der Waals surface area contributed by atoms with Crippen molar-refractivity contribution < 1.29 is 0 Å². The van der Waals surface area contributed by atoms with Crippen LogP contribution in [0.5, 0.6) is 0 Å². The van der Waals surface area contributed by atoms with Gasteiger partial charge in [0.25, 0.3) is 0 Å². The second-order valence-corrected chi connectivity index (χ2v) is 4.04. The van der Waals surface area contributed by atoms with Crippen LogP contribution in [0.25, 0.3) is 10.9 Å². The Kier molecular flexibility index (Phi) is 2.79. The summed E-state index contributed by atoms with van der Waals surface area (Å²) in [5.41, 5.74) is 2.98. The molecule has 0 aliphatic carbocycles. The van der Waals surface area contributed by atoms with Gasteiger partial charge in [-0.1, -0.05) is 18.2 Å². The van der Waals surface area contributed by atoms with E-state index in [4.69, 9.17) is 0 Å². The lowest BCUT2D eigenvalue weighted by molar-refractivity contribution is 1.30. The van der Waals surface area contributed by atoms with Crippen LogP contribution in [0, 0.1) is 11.3 Å². The van der Waals surface area contributed by atoms with Gasteiger partial charge in [-0.05, 0) is 18.2 Å². The molecule has 19 heavy (non-hydrogen) atoms. The maximum atomic E-state index is 9.21. The third-order valence-corrected chi connectivity index (χ3v) is 2.84. The molecule has 0 bridgehead atoms. The summed E-state index contributed by atoms with van der Waals surface area (Å²) in [4.78, 5) is 8.27. The largest absolute Gasteiger partial charge is 0.354 e. The smallest absolute Gasteiger partial charge is 0.103 e. The predicted octanol–water partition coefficient (Wildman–Crippen LogP) is 3.25. The Hall–Kier alpha value is -2.93. The van der Waals surface area contributed by atoms with Crippen molar-refractivity contribution in [3.8, 4) is 6.07 Å². The second kappa shape index (κ2) is 4.75. The quantitative estimate of drug-likeness (QED) is 0.754. The molecule has 0 radical (unpaired) electrons. The Bertz CT molecular complexity index is 760. The van der Waals surface area contributed by atoms with Crippen molar-refractivity contribution in [2.24, 2.45) is 0 Å². The van der Waals surface area contributed by atoms with Gasteiger partial charge in [-0.25, -0.2) is 0 Å². The summed E-state index contributed by atoms with van der Waals surface area (Å²) in [6.45, 7) is 0. The third kappa shape index (κ3) is 2.09. The number of hydrogen-bond acceptors (Lipinski definition) is 4. The average Bonchev–Trinajstić information content (AvgIpc) is 2.49. The highest BCUT2D eigenvalue weighted by molar-refractivity contribution is 5.95. The van der Waals surface area contributed by atoms with Gasteiger partial charge in [0.15, 0.2) is 0 Å². The summed E-state index contributed by atoms with van der Waals surface area (Å²) in [5, 5.41) is 13.4. The van der Waals surface area contributed by atoms with Crippen LogP contribution in [0.1, 0.15) is 5.56 Å². The Balaban J connectivity index is 2.18. The van der Waals surface area contributed by atoms with Gasteiger partial charge in [-0.15, -0.1) is 0 Å². The molecule has 2 aromatic heterocycles. The molecule has 0 unspecified atom stereocenters. The molecule has 3 rings (SSSR count). The highest BCUT2D eigenvalue weighted by Gasteiger charge is 2.08. The Labute approximate surface area is 110 Å². The van der Waals surface area contributed by atoms with Crippen molar-refractivity contribution in [2.45, 2.75) is 0 Å². The Morgan fingerprint density at radius 3 is 2.68 bits per heavy atom. The summed E-state index contributed by atoms with van der Waals surface area (Å²) < 4.78 is 0.